The molecule has 0 amide bonds. The van der Waals surface area contributed by atoms with E-state index in [4.69, 9.17) is 5.73 Å². The van der Waals surface area contributed by atoms with E-state index >= 15 is 0 Å². The first-order valence-corrected chi connectivity index (χ1v) is 5.18. The summed E-state index contributed by atoms with van der Waals surface area (Å²) in [6.07, 6.45) is 0. The van der Waals surface area contributed by atoms with E-state index in [1.165, 1.54) is 0 Å². The van der Waals surface area contributed by atoms with E-state index in [1.54, 1.807) is 11.4 Å². The second-order valence-corrected chi connectivity index (χ2v) is 5.21. The van der Waals surface area contributed by atoms with Crippen molar-refractivity contribution in [3.8, 4) is 0 Å². The van der Waals surface area contributed by atoms with Crippen molar-refractivity contribution in [2.24, 2.45) is 11.1 Å². The van der Waals surface area contributed by atoms with Gasteiger partial charge in [0.1, 0.15) is 0 Å². The Balaban J connectivity index is 2.92. The minimum Gasteiger partial charge on any atom is -0.323 e. The first-order valence-electron chi connectivity index (χ1n) is 4.31. The molecule has 1 aromatic rings. The molecular weight excluding hydrogens is 200 g/mol. The van der Waals surface area contributed by atoms with Crippen LogP contribution in [0.15, 0.2) is 11.4 Å². The average molecular weight is 214 g/mol. The minimum absolute atomic E-state index is 0.0745. The number of nitrogens with two attached hydrogens (primary N) is 1. The number of nitro groups is 1. The molecule has 2 N–H and O–H groups in total. The molecule has 0 aromatic carbocycles. The molecule has 0 saturated carbocycles. The average Bonchev–Trinajstić information content (AvgIpc) is 2.48. The topological polar surface area (TPSA) is 69.2 Å². The van der Waals surface area contributed by atoms with Crippen molar-refractivity contribution in [1.82, 2.24) is 0 Å². The van der Waals surface area contributed by atoms with Gasteiger partial charge in [-0.2, -0.15) is 0 Å². The van der Waals surface area contributed by atoms with Crippen molar-refractivity contribution in [2.45, 2.75) is 26.8 Å². The summed E-state index contributed by atoms with van der Waals surface area (Å²) < 4.78 is 0. The molecule has 0 spiro atoms. The van der Waals surface area contributed by atoms with Crippen molar-refractivity contribution in [2.75, 3.05) is 0 Å². The van der Waals surface area contributed by atoms with Gasteiger partial charge in [0.2, 0.25) is 0 Å². The molecule has 0 bridgehead atoms. The number of rotatable bonds is 2. The second-order valence-electron chi connectivity index (χ2n) is 4.32. The normalized spacial score (nSPS) is 14.0. The van der Waals surface area contributed by atoms with E-state index in [-0.39, 0.29) is 21.4 Å². The van der Waals surface area contributed by atoms with Gasteiger partial charge in [0.15, 0.2) is 0 Å². The van der Waals surface area contributed by atoms with Gasteiger partial charge in [-0.1, -0.05) is 32.1 Å². The summed E-state index contributed by atoms with van der Waals surface area (Å²) in [6, 6.07) is 1.40. The highest BCUT2D eigenvalue weighted by Crippen LogP contribution is 2.34. The zero-order valence-electron chi connectivity index (χ0n) is 8.48. The highest BCUT2D eigenvalue weighted by Gasteiger charge is 2.24. The van der Waals surface area contributed by atoms with Crippen LogP contribution < -0.4 is 5.73 Å². The maximum absolute atomic E-state index is 10.5. The van der Waals surface area contributed by atoms with Crippen LogP contribution in [0.1, 0.15) is 32.4 Å². The summed E-state index contributed by atoms with van der Waals surface area (Å²) in [4.78, 5) is 10.1. The molecule has 78 valence electrons. The Morgan fingerprint density at radius 3 is 2.50 bits per heavy atom. The van der Waals surface area contributed by atoms with Crippen LogP contribution in [0, 0.1) is 15.5 Å². The van der Waals surface area contributed by atoms with E-state index in [1.807, 2.05) is 20.8 Å². The lowest BCUT2D eigenvalue weighted by Gasteiger charge is -2.26. The summed E-state index contributed by atoms with van der Waals surface area (Å²) in [7, 11) is 0. The maximum Gasteiger partial charge on any atom is 0.324 e. The van der Waals surface area contributed by atoms with Crippen LogP contribution in [0.4, 0.5) is 5.00 Å². The molecule has 0 aliphatic rings. The summed E-state index contributed by atoms with van der Waals surface area (Å²) >= 11 is 1.12. The molecule has 14 heavy (non-hydrogen) atoms. The Labute approximate surface area is 86.9 Å². The fourth-order valence-corrected chi connectivity index (χ4v) is 1.86. The van der Waals surface area contributed by atoms with Crippen molar-refractivity contribution in [3.05, 3.63) is 27.1 Å². The van der Waals surface area contributed by atoms with Gasteiger partial charge in [0, 0.05) is 17.5 Å². The molecule has 0 aliphatic carbocycles. The smallest absolute Gasteiger partial charge is 0.323 e. The fraction of sp³-hybridized carbons (Fsp3) is 0.556. The van der Waals surface area contributed by atoms with Gasteiger partial charge in [-0.25, -0.2) is 0 Å². The van der Waals surface area contributed by atoms with Crippen LogP contribution >= 0.6 is 11.3 Å². The molecule has 1 atom stereocenters. The van der Waals surface area contributed by atoms with Crippen LogP contribution in [0.3, 0.4) is 0 Å². The summed E-state index contributed by atoms with van der Waals surface area (Å²) in [5.74, 6) is 0. The predicted molar refractivity (Wildman–Crippen MR) is 57.4 cm³/mol. The van der Waals surface area contributed by atoms with Crippen molar-refractivity contribution in [1.29, 1.82) is 0 Å². The number of hydrogen-bond acceptors (Lipinski definition) is 4. The lowest BCUT2D eigenvalue weighted by Crippen LogP contribution is -2.25. The zero-order valence-corrected chi connectivity index (χ0v) is 9.30. The molecule has 0 unspecified atom stereocenters. The monoisotopic (exact) mass is 214 g/mol. The fourth-order valence-electron chi connectivity index (χ4n) is 1.10. The Morgan fingerprint density at radius 1 is 1.57 bits per heavy atom. The predicted octanol–water partition coefficient (Wildman–Crippen LogP) is 2.70. The Bertz CT molecular complexity index is 341. The van der Waals surface area contributed by atoms with E-state index in [0.29, 0.717) is 0 Å². The number of hydrogen-bond donors (Lipinski definition) is 1. The van der Waals surface area contributed by atoms with Gasteiger partial charge in [0.05, 0.1) is 4.92 Å². The third kappa shape index (κ3) is 2.30. The molecular formula is C9H14N2O2S. The van der Waals surface area contributed by atoms with Gasteiger partial charge in [-0.3, -0.25) is 10.1 Å². The molecule has 0 aliphatic heterocycles. The molecule has 1 rings (SSSR count). The first kappa shape index (κ1) is 11.1. The van der Waals surface area contributed by atoms with Gasteiger partial charge < -0.3 is 5.73 Å². The SMILES string of the molecule is CC(C)(C)[C@H](N)c1csc([N+](=O)[O-])c1. The van der Waals surface area contributed by atoms with Gasteiger partial charge in [-0.05, 0) is 11.0 Å². The van der Waals surface area contributed by atoms with Crippen LogP contribution in [-0.2, 0) is 0 Å². The summed E-state index contributed by atoms with van der Waals surface area (Å²) in [6.45, 7) is 6.05. The third-order valence-electron chi connectivity index (χ3n) is 2.08. The maximum atomic E-state index is 10.5. The second kappa shape index (κ2) is 3.67. The number of thiophene rings is 1. The summed E-state index contributed by atoms with van der Waals surface area (Å²) in [5, 5.41) is 12.4. The lowest BCUT2D eigenvalue weighted by atomic mass is 9.84. The first-order chi connectivity index (χ1) is 6.32. The van der Waals surface area contributed by atoms with Crippen molar-refractivity contribution in [3.63, 3.8) is 0 Å². The van der Waals surface area contributed by atoms with E-state index in [9.17, 15) is 10.1 Å². The minimum atomic E-state index is -0.385. The zero-order chi connectivity index (χ0) is 10.9. The molecule has 0 saturated heterocycles. The van der Waals surface area contributed by atoms with Crippen LogP contribution in [-0.4, -0.2) is 4.92 Å². The van der Waals surface area contributed by atoms with Crippen LogP contribution in [0.5, 0.6) is 0 Å². The van der Waals surface area contributed by atoms with Crippen molar-refractivity contribution >= 4 is 16.3 Å². The Morgan fingerprint density at radius 2 is 2.14 bits per heavy atom. The van der Waals surface area contributed by atoms with E-state index in [0.717, 1.165) is 16.9 Å². The van der Waals surface area contributed by atoms with E-state index < -0.39 is 0 Å². The molecule has 1 aromatic heterocycles. The Kier molecular flexibility index (Phi) is 2.92. The molecule has 1 heterocycles. The standard InChI is InChI=1S/C9H14N2O2S/c1-9(2,3)8(10)6-4-7(11(12)13)14-5-6/h4-5,8H,10H2,1-3H3/t8-/m1/s1. The molecule has 5 heteroatoms. The molecule has 0 fully saturated rings. The van der Waals surface area contributed by atoms with Crippen LogP contribution in [0.25, 0.3) is 0 Å². The van der Waals surface area contributed by atoms with E-state index in [2.05, 4.69) is 0 Å². The van der Waals surface area contributed by atoms with Crippen molar-refractivity contribution < 1.29 is 4.92 Å². The molecule has 4 nitrogen and oxygen atoms in total. The molecule has 0 radical (unpaired) electrons. The number of nitrogens with zero attached hydrogens (tertiary/aromatic N) is 1. The largest absolute Gasteiger partial charge is 0.324 e. The van der Waals surface area contributed by atoms with Gasteiger partial charge in [-0.15, -0.1) is 0 Å². The summed E-state index contributed by atoms with van der Waals surface area (Å²) in [5.41, 5.74) is 6.74. The quantitative estimate of drug-likeness (QED) is 0.607. The van der Waals surface area contributed by atoms with Gasteiger partial charge in [0.25, 0.3) is 0 Å². The highest BCUT2D eigenvalue weighted by atomic mass is 32.1. The Hall–Kier alpha value is -0.940. The lowest BCUT2D eigenvalue weighted by molar-refractivity contribution is -0.380. The third-order valence-corrected chi connectivity index (χ3v) is 2.98. The highest BCUT2D eigenvalue weighted by molar-refractivity contribution is 7.13. The van der Waals surface area contributed by atoms with Gasteiger partial charge >= 0.3 is 5.00 Å². The van der Waals surface area contributed by atoms with Crippen LogP contribution in [0.2, 0.25) is 0 Å².